The Morgan fingerprint density at radius 2 is 1.76 bits per heavy atom. The Morgan fingerprint density at radius 3 is 2.24 bits per heavy atom. The number of rotatable bonds is 6. The van der Waals surface area contributed by atoms with E-state index in [9.17, 15) is 8.42 Å². The Labute approximate surface area is 132 Å². The first kappa shape index (κ1) is 19.0. The average molecular weight is 318 g/mol. The van der Waals surface area contributed by atoms with Gasteiger partial charge in [0.25, 0.3) is 0 Å². The first-order chi connectivity index (χ1) is 9.48. The molecule has 3 atom stereocenters. The summed E-state index contributed by atoms with van der Waals surface area (Å²) in [7, 11) is -2.85. The molecule has 1 aliphatic rings. The lowest BCUT2D eigenvalue weighted by atomic mass is 9.69. The van der Waals surface area contributed by atoms with Crippen LogP contribution >= 0.6 is 0 Å². The summed E-state index contributed by atoms with van der Waals surface area (Å²) >= 11 is 0. The van der Waals surface area contributed by atoms with Crippen molar-refractivity contribution in [2.45, 2.75) is 65.8 Å². The maximum absolute atomic E-state index is 11.5. The van der Waals surface area contributed by atoms with Gasteiger partial charge < -0.3 is 5.32 Å². The highest BCUT2D eigenvalue weighted by molar-refractivity contribution is 7.90. The first-order valence-corrected chi connectivity index (χ1v) is 10.5. The van der Waals surface area contributed by atoms with E-state index in [4.69, 9.17) is 0 Å². The van der Waals surface area contributed by atoms with Gasteiger partial charge in [-0.15, -0.1) is 0 Å². The highest BCUT2D eigenvalue weighted by Gasteiger charge is 2.32. The van der Waals surface area contributed by atoms with Crippen molar-refractivity contribution >= 4 is 9.84 Å². The van der Waals surface area contributed by atoms with Crippen LogP contribution in [0, 0.1) is 23.7 Å². The Hall–Kier alpha value is -0.0900. The highest BCUT2D eigenvalue weighted by Crippen LogP contribution is 2.39. The second-order valence-corrected chi connectivity index (χ2v) is 10.6. The van der Waals surface area contributed by atoms with Crippen LogP contribution in [0.25, 0.3) is 0 Å². The molecule has 1 rings (SSSR count). The summed E-state index contributed by atoms with van der Waals surface area (Å²) in [6.45, 7) is 12.2. The largest absolute Gasteiger partial charge is 0.312 e. The highest BCUT2D eigenvalue weighted by atomic mass is 32.2. The van der Waals surface area contributed by atoms with Gasteiger partial charge in [-0.1, -0.05) is 13.8 Å². The van der Waals surface area contributed by atoms with Gasteiger partial charge in [-0.05, 0) is 76.7 Å². The van der Waals surface area contributed by atoms with Crippen molar-refractivity contribution in [3.05, 3.63) is 0 Å². The average Bonchev–Trinajstić information content (AvgIpc) is 2.32. The van der Waals surface area contributed by atoms with Gasteiger partial charge in [-0.3, -0.25) is 0 Å². The lowest BCUT2D eigenvalue weighted by molar-refractivity contribution is 0.136. The molecule has 0 amide bonds. The standard InChI is InChI=1S/C17H35NO2S/c1-13(2)14-7-8-16(12-18-17(3,4)5)15(11-14)9-10-21(6,19)20/h13-16,18H,7-12H2,1-6H3. The van der Waals surface area contributed by atoms with E-state index in [1.165, 1.54) is 25.5 Å². The van der Waals surface area contributed by atoms with E-state index in [0.717, 1.165) is 18.9 Å². The smallest absolute Gasteiger partial charge is 0.147 e. The SMILES string of the molecule is CC(C)C1CCC(CNC(C)(C)C)C(CCS(C)(=O)=O)C1. The topological polar surface area (TPSA) is 46.2 Å². The molecule has 21 heavy (non-hydrogen) atoms. The van der Waals surface area contributed by atoms with Crippen molar-refractivity contribution in [2.24, 2.45) is 23.7 Å². The zero-order valence-corrected chi connectivity index (χ0v) is 15.6. The number of nitrogens with one attached hydrogen (secondary N) is 1. The van der Waals surface area contributed by atoms with E-state index in [1.807, 2.05) is 0 Å². The van der Waals surface area contributed by atoms with Crippen molar-refractivity contribution < 1.29 is 8.42 Å². The molecule has 0 heterocycles. The van der Waals surface area contributed by atoms with Crippen LogP contribution in [0.15, 0.2) is 0 Å². The van der Waals surface area contributed by atoms with Gasteiger partial charge in [0.2, 0.25) is 0 Å². The molecule has 0 radical (unpaired) electrons. The fourth-order valence-corrected chi connectivity index (χ4v) is 4.12. The summed E-state index contributed by atoms with van der Waals surface area (Å²) in [5.41, 5.74) is 0.135. The van der Waals surface area contributed by atoms with Gasteiger partial charge in [-0.2, -0.15) is 0 Å². The molecule has 4 heteroatoms. The molecule has 0 aromatic heterocycles. The predicted octanol–water partition coefficient (Wildman–Crippen LogP) is 3.50. The third-order valence-electron chi connectivity index (χ3n) is 4.88. The second-order valence-electron chi connectivity index (χ2n) is 8.39. The third-order valence-corrected chi connectivity index (χ3v) is 5.85. The molecular weight excluding hydrogens is 282 g/mol. The normalized spacial score (nSPS) is 28.0. The Morgan fingerprint density at radius 1 is 1.14 bits per heavy atom. The molecule has 126 valence electrons. The Balaban J connectivity index is 2.65. The summed E-state index contributed by atoms with van der Waals surface area (Å²) in [5, 5.41) is 3.61. The Kier molecular flexibility index (Phi) is 6.73. The molecule has 1 fully saturated rings. The van der Waals surface area contributed by atoms with Crippen LogP contribution in [0.2, 0.25) is 0 Å². The monoisotopic (exact) mass is 317 g/mol. The van der Waals surface area contributed by atoms with Gasteiger partial charge in [0.15, 0.2) is 0 Å². The zero-order chi connectivity index (χ0) is 16.3. The lowest BCUT2D eigenvalue weighted by Crippen LogP contribution is -2.42. The molecule has 0 bridgehead atoms. The third kappa shape index (κ3) is 7.64. The quantitative estimate of drug-likeness (QED) is 0.815. The molecule has 1 saturated carbocycles. The van der Waals surface area contributed by atoms with Crippen molar-refractivity contribution in [1.82, 2.24) is 5.32 Å². The minimum Gasteiger partial charge on any atom is -0.312 e. The summed E-state index contributed by atoms with van der Waals surface area (Å²) in [5.74, 6) is 2.99. The summed E-state index contributed by atoms with van der Waals surface area (Å²) in [4.78, 5) is 0. The minimum atomic E-state index is -2.85. The van der Waals surface area contributed by atoms with Crippen molar-refractivity contribution in [3.8, 4) is 0 Å². The molecular formula is C17H35NO2S. The van der Waals surface area contributed by atoms with E-state index in [-0.39, 0.29) is 5.54 Å². The molecule has 0 saturated heterocycles. The number of hydrogen-bond acceptors (Lipinski definition) is 3. The minimum absolute atomic E-state index is 0.135. The zero-order valence-electron chi connectivity index (χ0n) is 14.8. The Bertz CT molecular complexity index is 409. The second kappa shape index (κ2) is 7.45. The van der Waals surface area contributed by atoms with Crippen LogP contribution in [-0.2, 0) is 9.84 Å². The van der Waals surface area contributed by atoms with Crippen LogP contribution in [0.1, 0.15) is 60.3 Å². The maximum Gasteiger partial charge on any atom is 0.147 e. The molecule has 1 aliphatic carbocycles. The van der Waals surface area contributed by atoms with Crippen LogP contribution in [0.3, 0.4) is 0 Å². The van der Waals surface area contributed by atoms with Gasteiger partial charge in [0.05, 0.1) is 5.75 Å². The van der Waals surface area contributed by atoms with E-state index in [0.29, 0.717) is 23.5 Å². The molecule has 0 aliphatic heterocycles. The molecule has 0 spiro atoms. The fraction of sp³-hybridized carbons (Fsp3) is 1.00. The molecule has 3 nitrogen and oxygen atoms in total. The molecule has 3 unspecified atom stereocenters. The van der Waals surface area contributed by atoms with Gasteiger partial charge >= 0.3 is 0 Å². The maximum atomic E-state index is 11.5. The van der Waals surface area contributed by atoms with Gasteiger partial charge in [0, 0.05) is 11.8 Å². The summed E-state index contributed by atoms with van der Waals surface area (Å²) in [6.07, 6.45) is 5.92. The van der Waals surface area contributed by atoms with Gasteiger partial charge in [0.1, 0.15) is 9.84 Å². The first-order valence-electron chi connectivity index (χ1n) is 8.40. The van der Waals surface area contributed by atoms with E-state index < -0.39 is 9.84 Å². The van der Waals surface area contributed by atoms with E-state index >= 15 is 0 Å². The van der Waals surface area contributed by atoms with Crippen molar-refractivity contribution in [2.75, 3.05) is 18.6 Å². The van der Waals surface area contributed by atoms with Gasteiger partial charge in [-0.25, -0.2) is 8.42 Å². The van der Waals surface area contributed by atoms with Crippen LogP contribution in [0.4, 0.5) is 0 Å². The van der Waals surface area contributed by atoms with E-state index in [1.54, 1.807) is 0 Å². The lowest BCUT2D eigenvalue weighted by Gasteiger charge is -2.39. The summed E-state index contributed by atoms with van der Waals surface area (Å²) in [6, 6.07) is 0. The molecule has 0 aromatic rings. The molecule has 1 N–H and O–H groups in total. The van der Waals surface area contributed by atoms with E-state index in [2.05, 4.69) is 39.9 Å². The number of sulfone groups is 1. The van der Waals surface area contributed by atoms with Crippen molar-refractivity contribution in [1.29, 1.82) is 0 Å². The van der Waals surface area contributed by atoms with Crippen LogP contribution < -0.4 is 5.32 Å². The predicted molar refractivity (Wildman–Crippen MR) is 91.2 cm³/mol. The number of hydrogen-bond donors (Lipinski definition) is 1. The van der Waals surface area contributed by atoms with Crippen LogP contribution in [0.5, 0.6) is 0 Å². The summed E-state index contributed by atoms with van der Waals surface area (Å²) < 4.78 is 23.0. The van der Waals surface area contributed by atoms with Crippen molar-refractivity contribution in [3.63, 3.8) is 0 Å². The fourth-order valence-electron chi connectivity index (χ4n) is 3.39. The van der Waals surface area contributed by atoms with Crippen LogP contribution in [-0.4, -0.2) is 32.5 Å². The molecule has 0 aromatic carbocycles.